The smallest absolute Gasteiger partial charge is 0.337 e. The van der Waals surface area contributed by atoms with Gasteiger partial charge in [-0.05, 0) is 30.7 Å². The van der Waals surface area contributed by atoms with Crippen molar-refractivity contribution in [2.45, 2.75) is 12.8 Å². The fourth-order valence-corrected chi connectivity index (χ4v) is 2.62. The van der Waals surface area contributed by atoms with Gasteiger partial charge in [0.05, 0.1) is 18.6 Å². The Balaban J connectivity index is 1.88. The van der Waals surface area contributed by atoms with Crippen LogP contribution in [0.2, 0.25) is 0 Å². The van der Waals surface area contributed by atoms with Crippen LogP contribution in [0.25, 0.3) is 0 Å². The molecular weight excluding hydrogens is 312 g/mol. The molecule has 2 rings (SSSR count). The van der Waals surface area contributed by atoms with Crippen LogP contribution in [0.4, 0.5) is 5.69 Å². The Morgan fingerprint density at radius 2 is 1.96 bits per heavy atom. The molecule has 24 heavy (non-hydrogen) atoms. The van der Waals surface area contributed by atoms with E-state index in [-0.39, 0.29) is 24.2 Å². The molecule has 1 unspecified atom stereocenters. The fourth-order valence-electron chi connectivity index (χ4n) is 2.62. The molecule has 1 saturated heterocycles. The summed E-state index contributed by atoms with van der Waals surface area (Å²) < 4.78 is 9.60. The van der Waals surface area contributed by atoms with Gasteiger partial charge in [0.15, 0.2) is 0 Å². The van der Waals surface area contributed by atoms with Crippen molar-refractivity contribution in [1.29, 1.82) is 0 Å². The Labute approximate surface area is 140 Å². The number of carbonyl (C=O) groups excluding carboxylic acids is 3. The predicted molar refractivity (Wildman–Crippen MR) is 87.6 cm³/mol. The van der Waals surface area contributed by atoms with Gasteiger partial charge in [0, 0.05) is 38.9 Å². The molecule has 0 aliphatic carbocycles. The average Bonchev–Trinajstić information content (AvgIpc) is 2.96. The van der Waals surface area contributed by atoms with Crippen LogP contribution in [0.1, 0.15) is 23.2 Å². The maximum Gasteiger partial charge on any atom is 0.337 e. The first-order valence-corrected chi connectivity index (χ1v) is 7.81. The third kappa shape index (κ3) is 4.55. The summed E-state index contributed by atoms with van der Waals surface area (Å²) in [7, 11) is 2.93. The summed E-state index contributed by atoms with van der Waals surface area (Å²) >= 11 is 0. The minimum absolute atomic E-state index is 0.00714. The van der Waals surface area contributed by atoms with Crippen LogP contribution >= 0.6 is 0 Å². The van der Waals surface area contributed by atoms with Crippen molar-refractivity contribution in [3.05, 3.63) is 29.8 Å². The number of ether oxygens (including phenoxy) is 2. The van der Waals surface area contributed by atoms with Crippen LogP contribution in [0.3, 0.4) is 0 Å². The van der Waals surface area contributed by atoms with Crippen LogP contribution in [-0.4, -0.2) is 56.6 Å². The molecule has 1 N–H and O–H groups in total. The molecule has 1 aliphatic rings. The summed E-state index contributed by atoms with van der Waals surface area (Å²) in [5.41, 5.74) is 0.994. The fraction of sp³-hybridized carbons (Fsp3) is 0.471. The lowest BCUT2D eigenvalue weighted by Gasteiger charge is -2.16. The Morgan fingerprint density at radius 3 is 2.58 bits per heavy atom. The quantitative estimate of drug-likeness (QED) is 0.600. The van der Waals surface area contributed by atoms with Crippen molar-refractivity contribution in [2.24, 2.45) is 5.92 Å². The molecule has 1 aromatic rings. The molecule has 1 aromatic carbocycles. The largest absolute Gasteiger partial charge is 0.465 e. The van der Waals surface area contributed by atoms with E-state index >= 15 is 0 Å². The third-order valence-corrected chi connectivity index (χ3v) is 3.94. The highest BCUT2D eigenvalue weighted by molar-refractivity contribution is 5.97. The van der Waals surface area contributed by atoms with Gasteiger partial charge < -0.3 is 19.7 Å². The third-order valence-electron chi connectivity index (χ3n) is 3.94. The molecule has 0 spiro atoms. The van der Waals surface area contributed by atoms with E-state index in [1.807, 2.05) is 0 Å². The summed E-state index contributed by atoms with van der Waals surface area (Å²) in [5.74, 6) is -0.989. The van der Waals surface area contributed by atoms with E-state index in [4.69, 9.17) is 4.74 Å². The summed E-state index contributed by atoms with van der Waals surface area (Å²) in [6, 6.07) is 6.44. The normalized spacial score (nSPS) is 17.0. The number of amides is 2. The maximum atomic E-state index is 12.3. The highest BCUT2D eigenvalue weighted by Crippen LogP contribution is 2.20. The van der Waals surface area contributed by atoms with Crippen LogP contribution in [0.5, 0.6) is 0 Å². The molecule has 1 fully saturated rings. The zero-order valence-electron chi connectivity index (χ0n) is 13.9. The Morgan fingerprint density at radius 1 is 1.25 bits per heavy atom. The monoisotopic (exact) mass is 334 g/mol. The van der Waals surface area contributed by atoms with E-state index in [1.54, 1.807) is 36.3 Å². The molecule has 130 valence electrons. The Hall–Kier alpha value is -2.41. The number of esters is 1. The second kappa shape index (κ2) is 8.44. The Bertz CT molecular complexity index is 600. The van der Waals surface area contributed by atoms with Gasteiger partial charge in [-0.2, -0.15) is 0 Å². The number of rotatable bonds is 7. The highest BCUT2D eigenvalue weighted by atomic mass is 16.5. The molecule has 0 saturated carbocycles. The number of hydrogen-bond acceptors (Lipinski definition) is 5. The number of anilines is 1. The number of carbonyl (C=O) groups is 3. The summed E-state index contributed by atoms with van der Waals surface area (Å²) in [4.78, 5) is 37.3. The SMILES string of the molecule is COCCCN1CC(C(=O)Nc2ccc(C(=O)OC)cc2)CC1=O. The van der Waals surface area contributed by atoms with Crippen LogP contribution < -0.4 is 5.32 Å². The van der Waals surface area contributed by atoms with E-state index in [9.17, 15) is 14.4 Å². The van der Waals surface area contributed by atoms with Gasteiger partial charge >= 0.3 is 5.97 Å². The van der Waals surface area contributed by atoms with E-state index in [2.05, 4.69) is 10.1 Å². The summed E-state index contributed by atoms with van der Waals surface area (Å²) in [6.45, 7) is 1.62. The van der Waals surface area contributed by atoms with Crippen molar-refractivity contribution in [1.82, 2.24) is 4.90 Å². The van der Waals surface area contributed by atoms with E-state index in [0.29, 0.717) is 30.9 Å². The minimum atomic E-state index is -0.430. The molecule has 2 amide bonds. The average molecular weight is 334 g/mol. The van der Waals surface area contributed by atoms with Gasteiger partial charge in [0.2, 0.25) is 11.8 Å². The van der Waals surface area contributed by atoms with Crippen LogP contribution in [0, 0.1) is 5.92 Å². The molecule has 1 atom stereocenters. The summed E-state index contributed by atoms with van der Waals surface area (Å²) in [6.07, 6.45) is 0.977. The van der Waals surface area contributed by atoms with Gasteiger partial charge in [0.25, 0.3) is 0 Å². The molecule has 0 bridgehead atoms. The molecule has 1 heterocycles. The lowest BCUT2D eigenvalue weighted by Crippen LogP contribution is -2.29. The molecule has 1 aliphatic heterocycles. The standard InChI is InChI=1S/C17H22N2O5/c1-23-9-3-8-19-11-13(10-15(19)20)16(21)18-14-6-4-12(5-7-14)17(22)24-2/h4-7,13H,3,8-11H2,1-2H3,(H,18,21). The molecule has 7 nitrogen and oxygen atoms in total. The van der Waals surface area contributed by atoms with Crippen molar-refractivity contribution in [3.8, 4) is 0 Å². The lowest BCUT2D eigenvalue weighted by molar-refractivity contribution is -0.128. The maximum absolute atomic E-state index is 12.3. The van der Waals surface area contributed by atoms with Crippen molar-refractivity contribution < 1.29 is 23.9 Å². The van der Waals surface area contributed by atoms with Crippen LogP contribution in [-0.2, 0) is 19.1 Å². The number of benzene rings is 1. The molecular formula is C17H22N2O5. The van der Waals surface area contributed by atoms with Gasteiger partial charge in [-0.3, -0.25) is 9.59 Å². The number of nitrogens with zero attached hydrogens (tertiary/aromatic N) is 1. The number of methoxy groups -OCH3 is 2. The van der Waals surface area contributed by atoms with Gasteiger partial charge in [-0.1, -0.05) is 0 Å². The summed E-state index contributed by atoms with van der Waals surface area (Å²) in [5, 5.41) is 2.78. The predicted octanol–water partition coefficient (Wildman–Crippen LogP) is 1.30. The zero-order chi connectivity index (χ0) is 17.5. The molecule has 0 aromatic heterocycles. The topological polar surface area (TPSA) is 84.9 Å². The first kappa shape index (κ1) is 17.9. The van der Waals surface area contributed by atoms with Gasteiger partial charge in [0.1, 0.15) is 0 Å². The van der Waals surface area contributed by atoms with Crippen molar-refractivity contribution >= 4 is 23.5 Å². The van der Waals surface area contributed by atoms with E-state index in [0.717, 1.165) is 6.42 Å². The number of hydrogen-bond donors (Lipinski definition) is 1. The first-order valence-electron chi connectivity index (χ1n) is 7.81. The van der Waals surface area contributed by atoms with Gasteiger partial charge in [-0.15, -0.1) is 0 Å². The van der Waals surface area contributed by atoms with Crippen molar-refractivity contribution in [3.63, 3.8) is 0 Å². The van der Waals surface area contributed by atoms with Crippen LogP contribution in [0.15, 0.2) is 24.3 Å². The van der Waals surface area contributed by atoms with Gasteiger partial charge in [-0.25, -0.2) is 4.79 Å². The highest BCUT2D eigenvalue weighted by Gasteiger charge is 2.33. The second-order valence-corrected chi connectivity index (χ2v) is 5.65. The second-order valence-electron chi connectivity index (χ2n) is 5.65. The number of nitrogens with one attached hydrogen (secondary N) is 1. The Kier molecular flexibility index (Phi) is 6.31. The first-order chi connectivity index (χ1) is 11.5. The number of likely N-dealkylation sites (tertiary alicyclic amines) is 1. The van der Waals surface area contributed by atoms with E-state index < -0.39 is 5.97 Å². The lowest BCUT2D eigenvalue weighted by atomic mass is 10.1. The zero-order valence-corrected chi connectivity index (χ0v) is 13.9. The molecule has 7 heteroatoms. The molecule has 0 radical (unpaired) electrons. The van der Waals surface area contributed by atoms with E-state index in [1.165, 1.54) is 7.11 Å². The van der Waals surface area contributed by atoms with Crippen molar-refractivity contribution in [2.75, 3.05) is 39.2 Å². The minimum Gasteiger partial charge on any atom is -0.465 e.